The Morgan fingerprint density at radius 2 is 1.80 bits per heavy atom. The fourth-order valence-corrected chi connectivity index (χ4v) is 4.74. The van der Waals surface area contributed by atoms with Crippen molar-refractivity contribution in [1.82, 2.24) is 10.2 Å². The summed E-state index contributed by atoms with van der Waals surface area (Å²) in [6, 6.07) is 15.0. The second-order valence-electron chi connectivity index (χ2n) is 5.12. The van der Waals surface area contributed by atoms with Crippen molar-refractivity contribution in [3.63, 3.8) is 0 Å². The maximum Gasteiger partial charge on any atom is 0.269 e. The number of nitrogens with one attached hydrogen (secondary N) is 1. The van der Waals surface area contributed by atoms with E-state index in [0.717, 1.165) is 20.7 Å². The van der Waals surface area contributed by atoms with E-state index in [0.29, 0.717) is 20.1 Å². The van der Waals surface area contributed by atoms with Gasteiger partial charge >= 0.3 is 0 Å². The minimum Gasteiger partial charge on any atom is -0.296 e. The first-order chi connectivity index (χ1) is 12.1. The zero-order chi connectivity index (χ0) is 17.4. The number of halogens is 2. The zero-order valence-electron chi connectivity index (χ0n) is 12.5. The third-order valence-electron chi connectivity index (χ3n) is 3.46. The molecule has 8 heteroatoms. The van der Waals surface area contributed by atoms with Gasteiger partial charge in [0.15, 0.2) is 0 Å². The van der Waals surface area contributed by atoms with Gasteiger partial charge in [-0.2, -0.15) is 0 Å². The van der Waals surface area contributed by atoms with Crippen LogP contribution in [0.1, 0.15) is 9.67 Å². The molecular formula is C17H9Cl2N3OS2. The third kappa shape index (κ3) is 3.26. The molecule has 4 aromatic rings. The fraction of sp³-hybridized carbons (Fsp3) is 0. The second-order valence-corrected chi connectivity index (χ2v) is 7.96. The summed E-state index contributed by atoms with van der Waals surface area (Å²) in [6.07, 6.45) is 0. The molecule has 0 saturated carbocycles. The van der Waals surface area contributed by atoms with Gasteiger partial charge in [0.2, 0.25) is 5.13 Å². The number of aromatic nitrogens is 2. The van der Waals surface area contributed by atoms with Gasteiger partial charge in [-0.25, -0.2) is 0 Å². The molecule has 0 atom stereocenters. The fourth-order valence-electron chi connectivity index (χ4n) is 2.31. The molecule has 0 saturated heterocycles. The number of hydrogen-bond acceptors (Lipinski definition) is 5. The average Bonchev–Trinajstić information content (AvgIpc) is 3.20. The molecule has 0 fully saturated rings. The minimum atomic E-state index is -0.307. The van der Waals surface area contributed by atoms with Crippen LogP contribution in [0.15, 0.2) is 48.5 Å². The van der Waals surface area contributed by atoms with Gasteiger partial charge in [0, 0.05) is 20.7 Å². The van der Waals surface area contributed by atoms with E-state index in [1.165, 1.54) is 22.7 Å². The maximum absolute atomic E-state index is 12.6. The highest BCUT2D eigenvalue weighted by molar-refractivity contribution is 7.22. The summed E-state index contributed by atoms with van der Waals surface area (Å²) in [5.74, 6) is -0.307. The lowest BCUT2D eigenvalue weighted by molar-refractivity contribution is 0.103. The van der Waals surface area contributed by atoms with Crippen LogP contribution in [-0.4, -0.2) is 16.1 Å². The Balaban J connectivity index is 1.60. The molecule has 1 amide bonds. The highest BCUT2D eigenvalue weighted by Gasteiger charge is 2.19. The normalized spacial score (nSPS) is 11.0. The molecule has 0 aliphatic carbocycles. The highest BCUT2D eigenvalue weighted by atomic mass is 35.5. The Kier molecular flexibility index (Phi) is 4.43. The lowest BCUT2D eigenvalue weighted by Crippen LogP contribution is -2.10. The lowest BCUT2D eigenvalue weighted by atomic mass is 10.2. The van der Waals surface area contributed by atoms with E-state index in [4.69, 9.17) is 23.2 Å². The maximum atomic E-state index is 12.6. The van der Waals surface area contributed by atoms with E-state index >= 15 is 0 Å². The Labute approximate surface area is 161 Å². The number of rotatable bonds is 3. The Hall–Kier alpha value is -1.99. The van der Waals surface area contributed by atoms with Crippen molar-refractivity contribution < 1.29 is 4.79 Å². The number of amides is 1. The van der Waals surface area contributed by atoms with Crippen LogP contribution in [0.25, 0.3) is 20.7 Å². The van der Waals surface area contributed by atoms with Crippen molar-refractivity contribution in [2.75, 3.05) is 5.32 Å². The Bertz CT molecular complexity index is 1080. The second kappa shape index (κ2) is 6.72. The van der Waals surface area contributed by atoms with Crippen molar-refractivity contribution in [2.45, 2.75) is 0 Å². The van der Waals surface area contributed by atoms with E-state index in [-0.39, 0.29) is 5.91 Å². The van der Waals surface area contributed by atoms with Gasteiger partial charge in [-0.1, -0.05) is 70.9 Å². The third-order valence-corrected chi connectivity index (χ3v) is 6.24. The number of carbonyl (C=O) groups is 1. The molecular weight excluding hydrogens is 397 g/mol. The van der Waals surface area contributed by atoms with E-state index in [2.05, 4.69) is 15.5 Å². The summed E-state index contributed by atoms with van der Waals surface area (Å²) in [6.45, 7) is 0. The number of thiophene rings is 1. The van der Waals surface area contributed by atoms with Crippen LogP contribution < -0.4 is 5.32 Å². The lowest BCUT2D eigenvalue weighted by Gasteiger charge is -1.98. The van der Waals surface area contributed by atoms with Crippen molar-refractivity contribution in [3.05, 3.63) is 63.5 Å². The zero-order valence-corrected chi connectivity index (χ0v) is 15.6. The molecule has 4 nitrogen and oxygen atoms in total. The molecule has 2 heterocycles. The van der Waals surface area contributed by atoms with E-state index in [1.54, 1.807) is 12.1 Å². The Morgan fingerprint density at radius 1 is 1.00 bits per heavy atom. The predicted octanol–water partition coefficient (Wildman–Crippen LogP) is 5.98. The van der Waals surface area contributed by atoms with Crippen LogP contribution in [-0.2, 0) is 0 Å². The van der Waals surface area contributed by atoms with Gasteiger partial charge in [0.05, 0.1) is 5.02 Å². The summed E-state index contributed by atoms with van der Waals surface area (Å²) >= 11 is 14.9. The molecule has 25 heavy (non-hydrogen) atoms. The van der Waals surface area contributed by atoms with Crippen LogP contribution in [0.5, 0.6) is 0 Å². The highest BCUT2D eigenvalue weighted by Crippen LogP contribution is 2.37. The monoisotopic (exact) mass is 405 g/mol. The van der Waals surface area contributed by atoms with Crippen LogP contribution >= 0.6 is 45.9 Å². The van der Waals surface area contributed by atoms with Crippen molar-refractivity contribution in [1.29, 1.82) is 0 Å². The molecule has 0 unspecified atom stereocenters. The number of nitrogens with zero attached hydrogens (tertiary/aromatic N) is 2. The molecule has 124 valence electrons. The minimum absolute atomic E-state index is 0.307. The number of benzene rings is 2. The van der Waals surface area contributed by atoms with E-state index in [1.807, 2.05) is 36.4 Å². The molecule has 0 aliphatic heterocycles. The van der Waals surface area contributed by atoms with Crippen molar-refractivity contribution in [2.24, 2.45) is 0 Å². The largest absolute Gasteiger partial charge is 0.296 e. The van der Waals surface area contributed by atoms with Gasteiger partial charge in [-0.15, -0.1) is 21.5 Å². The molecule has 0 bridgehead atoms. The first-order valence-electron chi connectivity index (χ1n) is 7.19. The first-order valence-corrected chi connectivity index (χ1v) is 9.58. The van der Waals surface area contributed by atoms with Crippen LogP contribution in [0, 0.1) is 0 Å². The van der Waals surface area contributed by atoms with Crippen molar-refractivity contribution >= 4 is 67.0 Å². The van der Waals surface area contributed by atoms with Gasteiger partial charge in [0.1, 0.15) is 9.88 Å². The van der Waals surface area contributed by atoms with Gasteiger partial charge in [0.25, 0.3) is 5.91 Å². The number of anilines is 1. The van der Waals surface area contributed by atoms with Crippen LogP contribution in [0.2, 0.25) is 10.0 Å². The van der Waals surface area contributed by atoms with Crippen molar-refractivity contribution in [3.8, 4) is 10.6 Å². The summed E-state index contributed by atoms with van der Waals surface area (Å²) in [5, 5.41) is 13.9. The quantitative estimate of drug-likeness (QED) is 0.455. The first kappa shape index (κ1) is 16.5. The molecule has 0 aliphatic rings. The molecule has 2 aromatic carbocycles. The number of hydrogen-bond donors (Lipinski definition) is 1. The molecule has 0 radical (unpaired) electrons. The summed E-state index contributed by atoms with van der Waals surface area (Å²) < 4.78 is 0.866. The standard InChI is InChI=1S/C17H9Cl2N3OS2/c18-10-6-7-11-12(8-10)24-14(13(11)19)15(23)20-17-22-21-16(25-17)9-4-2-1-3-5-9/h1-8H,(H,20,22,23). The van der Waals surface area contributed by atoms with Gasteiger partial charge in [-0.05, 0) is 12.1 Å². The molecule has 1 N–H and O–H groups in total. The number of fused-ring (bicyclic) bond motifs is 1. The predicted molar refractivity (Wildman–Crippen MR) is 105 cm³/mol. The Morgan fingerprint density at radius 3 is 2.60 bits per heavy atom. The van der Waals surface area contributed by atoms with E-state index in [9.17, 15) is 4.79 Å². The van der Waals surface area contributed by atoms with Gasteiger partial charge < -0.3 is 0 Å². The number of carbonyl (C=O) groups excluding carboxylic acids is 1. The summed E-state index contributed by atoms with van der Waals surface area (Å²) in [5.41, 5.74) is 0.954. The molecule has 0 spiro atoms. The SMILES string of the molecule is O=C(Nc1nnc(-c2ccccc2)s1)c1sc2cc(Cl)ccc2c1Cl. The topological polar surface area (TPSA) is 54.9 Å². The smallest absolute Gasteiger partial charge is 0.269 e. The average molecular weight is 406 g/mol. The van der Waals surface area contributed by atoms with Crippen LogP contribution in [0.3, 0.4) is 0 Å². The molecule has 2 aromatic heterocycles. The van der Waals surface area contributed by atoms with Crippen LogP contribution in [0.4, 0.5) is 5.13 Å². The summed E-state index contributed by atoms with van der Waals surface area (Å²) in [4.78, 5) is 13.0. The summed E-state index contributed by atoms with van der Waals surface area (Å²) in [7, 11) is 0. The van der Waals surface area contributed by atoms with Gasteiger partial charge in [-0.3, -0.25) is 10.1 Å². The van der Waals surface area contributed by atoms with E-state index < -0.39 is 0 Å². The molecule has 4 rings (SSSR count).